The van der Waals surface area contributed by atoms with Crippen molar-refractivity contribution in [1.82, 2.24) is 10.2 Å². The molecule has 0 aliphatic carbocycles. The van der Waals surface area contributed by atoms with Gasteiger partial charge < -0.3 is 15.0 Å². The van der Waals surface area contributed by atoms with Crippen LogP contribution in [0.4, 0.5) is 10.1 Å². The lowest BCUT2D eigenvalue weighted by atomic mass is 9.93. The monoisotopic (exact) mass is 489 g/mol. The number of hydrogen-bond donors (Lipinski definition) is 1. The molecule has 30 heavy (non-hydrogen) atoms. The Morgan fingerprint density at radius 3 is 2.60 bits per heavy atom. The summed E-state index contributed by atoms with van der Waals surface area (Å²) in [7, 11) is 0. The first-order valence-electron chi connectivity index (χ1n) is 9.66. The second-order valence-corrected chi connectivity index (χ2v) is 8.43. The van der Waals surface area contributed by atoms with Crippen LogP contribution >= 0.6 is 28.1 Å². The highest BCUT2D eigenvalue weighted by atomic mass is 79.9. The third kappa shape index (κ3) is 3.99. The van der Waals surface area contributed by atoms with E-state index in [4.69, 9.17) is 17.0 Å². The normalized spacial score (nSPS) is 19.7. The molecule has 0 aromatic heterocycles. The third-order valence-electron chi connectivity index (χ3n) is 5.30. The summed E-state index contributed by atoms with van der Waals surface area (Å²) in [6, 6.07) is 13.6. The maximum absolute atomic E-state index is 14.8. The molecule has 2 aromatic rings. The number of rotatable bonds is 3. The number of carbonyl (C=O) groups is 1. The number of halogens is 2. The van der Waals surface area contributed by atoms with Gasteiger partial charge in [0.25, 0.3) is 5.91 Å². The van der Waals surface area contributed by atoms with Crippen LogP contribution in [0.5, 0.6) is 0 Å². The van der Waals surface area contributed by atoms with Crippen molar-refractivity contribution in [3.8, 4) is 0 Å². The van der Waals surface area contributed by atoms with Gasteiger partial charge in [-0.05, 0) is 49.5 Å². The zero-order valence-corrected chi connectivity index (χ0v) is 18.8. The summed E-state index contributed by atoms with van der Waals surface area (Å²) in [4.78, 5) is 17.2. The van der Waals surface area contributed by atoms with E-state index in [0.29, 0.717) is 48.2 Å². The summed E-state index contributed by atoms with van der Waals surface area (Å²) in [5, 5.41) is 3.63. The lowest BCUT2D eigenvalue weighted by molar-refractivity contribution is -0.131. The van der Waals surface area contributed by atoms with Crippen molar-refractivity contribution in [2.75, 3.05) is 31.2 Å². The number of thiocarbonyl (C=S) groups is 1. The molecule has 1 N–H and O–H groups in total. The SMILES string of the molecule is CC1=C(C(=O)N2CCOCC2)C(c2cc(Br)ccc2F)NC(=S)N1c1ccccc1. The standard InChI is InChI=1S/C22H21BrFN3O2S/c1-14-19(21(28)26-9-11-29-12-10-26)20(17-13-15(23)7-8-18(17)24)25-22(30)27(14)16-5-3-2-4-6-16/h2-8,13,20H,9-12H2,1H3,(H,25,30). The lowest BCUT2D eigenvalue weighted by Gasteiger charge is -2.40. The van der Waals surface area contributed by atoms with E-state index < -0.39 is 11.9 Å². The molecule has 2 aliphatic rings. The molecule has 2 aromatic carbocycles. The lowest BCUT2D eigenvalue weighted by Crippen LogP contribution is -2.51. The first-order valence-corrected chi connectivity index (χ1v) is 10.9. The summed E-state index contributed by atoms with van der Waals surface area (Å²) < 4.78 is 20.9. The molecule has 1 fully saturated rings. The van der Waals surface area contributed by atoms with Crippen LogP contribution in [0.25, 0.3) is 0 Å². The minimum absolute atomic E-state index is 0.142. The number of allylic oxidation sites excluding steroid dienone is 1. The highest BCUT2D eigenvalue weighted by molar-refractivity contribution is 9.10. The van der Waals surface area contributed by atoms with Crippen molar-refractivity contribution < 1.29 is 13.9 Å². The molecule has 2 aliphatic heterocycles. The number of nitrogens with one attached hydrogen (secondary N) is 1. The molecule has 2 heterocycles. The predicted molar refractivity (Wildman–Crippen MR) is 122 cm³/mol. The maximum atomic E-state index is 14.8. The minimum atomic E-state index is -0.690. The van der Waals surface area contributed by atoms with E-state index >= 15 is 0 Å². The number of morpholine rings is 1. The van der Waals surface area contributed by atoms with Gasteiger partial charge in [0.15, 0.2) is 5.11 Å². The van der Waals surface area contributed by atoms with E-state index in [1.165, 1.54) is 6.07 Å². The smallest absolute Gasteiger partial charge is 0.254 e. The average Bonchev–Trinajstić information content (AvgIpc) is 2.76. The van der Waals surface area contributed by atoms with Gasteiger partial charge >= 0.3 is 0 Å². The summed E-state index contributed by atoms with van der Waals surface area (Å²) in [6.07, 6.45) is 0. The van der Waals surface area contributed by atoms with Crippen molar-refractivity contribution in [3.63, 3.8) is 0 Å². The number of amides is 1. The van der Waals surface area contributed by atoms with Gasteiger partial charge in [0, 0.05) is 34.5 Å². The Hall–Kier alpha value is -2.29. The van der Waals surface area contributed by atoms with E-state index in [0.717, 1.165) is 10.2 Å². The number of para-hydroxylation sites is 1. The number of hydrogen-bond acceptors (Lipinski definition) is 3. The first kappa shape index (κ1) is 21.0. The quantitative estimate of drug-likeness (QED) is 0.655. The van der Waals surface area contributed by atoms with Crippen LogP contribution < -0.4 is 10.2 Å². The highest BCUT2D eigenvalue weighted by Crippen LogP contribution is 2.36. The van der Waals surface area contributed by atoms with Gasteiger partial charge in [-0.3, -0.25) is 9.69 Å². The number of benzene rings is 2. The van der Waals surface area contributed by atoms with Gasteiger partial charge in [0.05, 0.1) is 24.8 Å². The van der Waals surface area contributed by atoms with Crippen LogP contribution in [0.15, 0.2) is 64.3 Å². The summed E-state index contributed by atoms with van der Waals surface area (Å²) in [5.41, 5.74) is 2.38. The van der Waals surface area contributed by atoms with Crippen molar-refractivity contribution in [1.29, 1.82) is 0 Å². The molecule has 0 saturated carbocycles. The number of carbonyl (C=O) groups excluding carboxylic acids is 1. The molecule has 8 heteroatoms. The largest absolute Gasteiger partial charge is 0.378 e. The molecule has 1 amide bonds. The zero-order chi connectivity index (χ0) is 21.3. The Kier molecular flexibility index (Phi) is 6.17. The Bertz CT molecular complexity index is 1010. The van der Waals surface area contributed by atoms with Crippen LogP contribution in [0.1, 0.15) is 18.5 Å². The van der Waals surface area contributed by atoms with Crippen molar-refractivity contribution in [2.45, 2.75) is 13.0 Å². The van der Waals surface area contributed by atoms with Gasteiger partial charge in [-0.15, -0.1) is 0 Å². The van der Waals surface area contributed by atoms with Crippen molar-refractivity contribution in [3.05, 3.63) is 75.7 Å². The first-order chi connectivity index (χ1) is 14.5. The summed E-state index contributed by atoms with van der Waals surface area (Å²) >= 11 is 9.05. The van der Waals surface area contributed by atoms with E-state index in [9.17, 15) is 9.18 Å². The van der Waals surface area contributed by atoms with Gasteiger partial charge in [0.1, 0.15) is 5.82 Å². The predicted octanol–water partition coefficient (Wildman–Crippen LogP) is 4.16. The van der Waals surface area contributed by atoms with E-state index in [1.54, 1.807) is 17.0 Å². The molecular formula is C22H21BrFN3O2S. The second-order valence-electron chi connectivity index (χ2n) is 7.12. The fourth-order valence-corrected chi connectivity index (χ4v) is 4.55. The molecule has 0 radical (unpaired) electrons. The van der Waals surface area contributed by atoms with Crippen LogP contribution in [0.3, 0.4) is 0 Å². The maximum Gasteiger partial charge on any atom is 0.254 e. The fourth-order valence-electron chi connectivity index (χ4n) is 3.81. The summed E-state index contributed by atoms with van der Waals surface area (Å²) in [6.45, 7) is 3.83. The molecule has 1 saturated heterocycles. The third-order valence-corrected chi connectivity index (χ3v) is 6.09. The summed E-state index contributed by atoms with van der Waals surface area (Å²) in [5.74, 6) is -0.539. The van der Waals surface area contributed by atoms with Crippen LogP contribution in [-0.4, -0.2) is 42.2 Å². The van der Waals surface area contributed by atoms with E-state index in [-0.39, 0.29) is 5.91 Å². The Labute approximate surface area is 188 Å². The number of nitrogens with zero attached hydrogens (tertiary/aromatic N) is 2. The van der Waals surface area contributed by atoms with Gasteiger partial charge in [0.2, 0.25) is 0 Å². The van der Waals surface area contributed by atoms with Gasteiger partial charge in [-0.2, -0.15) is 0 Å². The average molecular weight is 490 g/mol. The second kappa shape index (κ2) is 8.83. The molecule has 1 unspecified atom stereocenters. The molecule has 4 rings (SSSR count). The fraction of sp³-hybridized carbons (Fsp3) is 0.273. The Morgan fingerprint density at radius 1 is 1.20 bits per heavy atom. The molecule has 0 spiro atoms. The van der Waals surface area contributed by atoms with Crippen LogP contribution in [0, 0.1) is 5.82 Å². The van der Waals surface area contributed by atoms with Crippen LogP contribution in [0.2, 0.25) is 0 Å². The number of anilines is 1. The zero-order valence-electron chi connectivity index (χ0n) is 16.4. The van der Waals surface area contributed by atoms with Crippen molar-refractivity contribution in [2.24, 2.45) is 0 Å². The minimum Gasteiger partial charge on any atom is -0.378 e. The number of ether oxygens (including phenoxy) is 1. The Morgan fingerprint density at radius 2 is 1.90 bits per heavy atom. The van der Waals surface area contributed by atoms with Gasteiger partial charge in [-0.1, -0.05) is 34.1 Å². The van der Waals surface area contributed by atoms with E-state index in [2.05, 4.69) is 21.2 Å². The van der Waals surface area contributed by atoms with E-state index in [1.807, 2.05) is 42.2 Å². The highest BCUT2D eigenvalue weighted by Gasteiger charge is 2.38. The topological polar surface area (TPSA) is 44.8 Å². The van der Waals surface area contributed by atoms with Crippen molar-refractivity contribution >= 4 is 44.9 Å². The molecule has 0 bridgehead atoms. The Balaban J connectivity index is 1.85. The van der Waals surface area contributed by atoms with Crippen LogP contribution in [-0.2, 0) is 9.53 Å². The molecule has 156 valence electrons. The molecule has 1 atom stereocenters. The molecular weight excluding hydrogens is 469 g/mol. The molecule has 5 nitrogen and oxygen atoms in total. The van der Waals surface area contributed by atoms with Gasteiger partial charge in [-0.25, -0.2) is 4.39 Å².